The number of carbonyl (C=O) groups excluding carboxylic acids is 2. The van der Waals surface area contributed by atoms with E-state index in [1.165, 1.54) is 0 Å². The molecule has 0 saturated carbocycles. The molecule has 30 heavy (non-hydrogen) atoms. The van der Waals surface area contributed by atoms with Gasteiger partial charge in [0.25, 0.3) is 0 Å². The maximum Gasteiger partial charge on any atom is 0.237 e. The Morgan fingerprint density at radius 1 is 1.00 bits per heavy atom. The first-order chi connectivity index (χ1) is 14.5. The largest absolute Gasteiger partial charge is 0.463 e. The summed E-state index contributed by atoms with van der Waals surface area (Å²) >= 11 is 0. The molecular weight excluding hydrogens is 376 g/mol. The smallest absolute Gasteiger partial charge is 0.237 e. The molecular formula is C25H26N2O3. The fraction of sp³-hybridized carbons (Fsp3) is 0.360. The van der Waals surface area contributed by atoms with Crippen LogP contribution in [0, 0.1) is 6.92 Å². The zero-order valence-electron chi connectivity index (χ0n) is 17.7. The predicted molar refractivity (Wildman–Crippen MR) is 117 cm³/mol. The Kier molecular flexibility index (Phi) is 4.60. The molecule has 1 aliphatic heterocycles. The quantitative estimate of drug-likeness (QED) is 0.611. The molecule has 5 rings (SSSR count). The standard InChI is InChI=1S/C25H26N2O3/c1-15-5-4-6-19-18(15)7-8-20-22(19)24(29)23(28)21-16(14-30-25(20)21)13-27-11-9-17(10-12-27)26(2)3/h4-8,14,17H,9-13H2,1-3H3. The van der Waals surface area contributed by atoms with Gasteiger partial charge in [-0.25, -0.2) is 0 Å². The molecule has 3 aromatic rings. The van der Waals surface area contributed by atoms with E-state index in [9.17, 15) is 9.59 Å². The number of Topliss-reactive ketones (excluding diaryl/α,β-unsaturated/α-hetero) is 2. The lowest BCUT2D eigenvalue weighted by Gasteiger charge is -2.35. The number of benzene rings is 2. The molecule has 0 N–H and O–H groups in total. The first-order valence-corrected chi connectivity index (χ1v) is 10.6. The number of carbonyl (C=O) groups is 2. The minimum Gasteiger partial charge on any atom is -0.463 e. The monoisotopic (exact) mass is 402 g/mol. The van der Waals surface area contributed by atoms with Gasteiger partial charge in [-0.15, -0.1) is 0 Å². The van der Waals surface area contributed by atoms with Gasteiger partial charge < -0.3 is 9.32 Å². The van der Waals surface area contributed by atoms with Gasteiger partial charge in [0, 0.05) is 29.3 Å². The second-order valence-corrected chi connectivity index (χ2v) is 8.75. The van der Waals surface area contributed by atoms with Gasteiger partial charge in [0.15, 0.2) is 0 Å². The molecule has 1 fully saturated rings. The Hall–Kier alpha value is -2.76. The predicted octanol–water partition coefficient (Wildman–Crippen LogP) is 4.31. The molecule has 5 heteroatoms. The molecule has 1 aliphatic carbocycles. The highest BCUT2D eigenvalue weighted by Crippen LogP contribution is 2.40. The molecule has 0 unspecified atom stereocenters. The van der Waals surface area contributed by atoms with Crippen molar-refractivity contribution in [3.63, 3.8) is 0 Å². The van der Waals surface area contributed by atoms with Crippen molar-refractivity contribution in [3.8, 4) is 11.3 Å². The van der Waals surface area contributed by atoms with E-state index in [0.717, 1.165) is 53.4 Å². The number of furan rings is 1. The number of hydrogen-bond donors (Lipinski definition) is 0. The van der Waals surface area contributed by atoms with Crippen molar-refractivity contribution in [2.45, 2.75) is 32.4 Å². The second kappa shape index (κ2) is 7.18. The van der Waals surface area contributed by atoms with Crippen LogP contribution in [0.4, 0.5) is 0 Å². The van der Waals surface area contributed by atoms with Gasteiger partial charge in [-0.1, -0.05) is 24.3 Å². The van der Waals surface area contributed by atoms with Crippen LogP contribution in [0.3, 0.4) is 0 Å². The summed E-state index contributed by atoms with van der Waals surface area (Å²) in [6.45, 7) is 4.61. The van der Waals surface area contributed by atoms with Crippen molar-refractivity contribution in [1.82, 2.24) is 9.80 Å². The minimum absolute atomic E-state index is 0.428. The van der Waals surface area contributed by atoms with Gasteiger partial charge in [-0.3, -0.25) is 14.5 Å². The van der Waals surface area contributed by atoms with Crippen LogP contribution in [-0.4, -0.2) is 54.6 Å². The number of fused-ring (bicyclic) bond motifs is 5. The SMILES string of the molecule is Cc1cccc2c3c(ccc12)-c1occ(CN2CCC(N(C)C)CC2)c1C(=O)C3=O. The Morgan fingerprint density at radius 2 is 1.73 bits per heavy atom. The first-order valence-electron chi connectivity index (χ1n) is 10.6. The number of nitrogens with zero attached hydrogens (tertiary/aromatic N) is 2. The Balaban J connectivity index is 1.52. The van der Waals surface area contributed by atoms with Crippen LogP contribution >= 0.6 is 0 Å². The summed E-state index contributed by atoms with van der Waals surface area (Å²) in [5.41, 5.74) is 3.56. The van der Waals surface area contributed by atoms with Gasteiger partial charge in [-0.05, 0) is 69.4 Å². The highest BCUT2D eigenvalue weighted by Gasteiger charge is 2.37. The highest BCUT2D eigenvalue weighted by molar-refractivity contribution is 6.54. The van der Waals surface area contributed by atoms with Gasteiger partial charge in [0.1, 0.15) is 5.76 Å². The first kappa shape index (κ1) is 19.2. The second-order valence-electron chi connectivity index (χ2n) is 8.75. The third-order valence-corrected chi connectivity index (χ3v) is 6.73. The van der Waals surface area contributed by atoms with Crippen LogP contribution in [0.2, 0.25) is 0 Å². The normalized spacial score (nSPS) is 17.6. The molecule has 5 nitrogen and oxygen atoms in total. The molecule has 2 aromatic carbocycles. The van der Waals surface area contributed by atoms with Crippen molar-refractivity contribution in [1.29, 1.82) is 0 Å². The number of hydrogen-bond acceptors (Lipinski definition) is 5. The molecule has 0 spiro atoms. The van der Waals surface area contributed by atoms with Crippen molar-refractivity contribution >= 4 is 22.3 Å². The van der Waals surface area contributed by atoms with E-state index < -0.39 is 11.6 Å². The summed E-state index contributed by atoms with van der Waals surface area (Å²) in [6.07, 6.45) is 3.88. The lowest BCUT2D eigenvalue weighted by atomic mass is 9.83. The highest BCUT2D eigenvalue weighted by atomic mass is 16.3. The van der Waals surface area contributed by atoms with E-state index in [2.05, 4.69) is 23.9 Å². The summed E-state index contributed by atoms with van der Waals surface area (Å²) < 4.78 is 5.90. The molecule has 0 radical (unpaired) electrons. The van der Waals surface area contributed by atoms with Gasteiger partial charge in [-0.2, -0.15) is 0 Å². The zero-order chi connectivity index (χ0) is 21.0. The third-order valence-electron chi connectivity index (χ3n) is 6.73. The average molecular weight is 402 g/mol. The van der Waals surface area contributed by atoms with Crippen LogP contribution in [0.25, 0.3) is 22.1 Å². The fourth-order valence-corrected chi connectivity index (χ4v) is 4.97. The summed E-state index contributed by atoms with van der Waals surface area (Å²) in [4.78, 5) is 30.9. The average Bonchev–Trinajstić information content (AvgIpc) is 3.16. The van der Waals surface area contributed by atoms with Crippen molar-refractivity contribution in [3.05, 3.63) is 58.8 Å². The number of rotatable bonds is 3. The topological polar surface area (TPSA) is 53.8 Å². The number of ketones is 2. The maximum absolute atomic E-state index is 13.2. The van der Waals surface area contributed by atoms with E-state index in [1.807, 2.05) is 37.3 Å². The Morgan fingerprint density at radius 3 is 2.47 bits per heavy atom. The lowest BCUT2D eigenvalue weighted by Crippen LogP contribution is -2.41. The zero-order valence-corrected chi connectivity index (χ0v) is 17.7. The molecule has 0 amide bonds. The Labute approximate surface area is 176 Å². The van der Waals surface area contributed by atoms with E-state index in [0.29, 0.717) is 29.5 Å². The van der Waals surface area contributed by atoms with Crippen LogP contribution in [0.1, 0.15) is 44.7 Å². The van der Waals surface area contributed by atoms with Crippen LogP contribution in [0.15, 0.2) is 41.0 Å². The van der Waals surface area contributed by atoms with Crippen LogP contribution in [0.5, 0.6) is 0 Å². The van der Waals surface area contributed by atoms with E-state index >= 15 is 0 Å². The van der Waals surface area contributed by atoms with E-state index in [4.69, 9.17) is 4.42 Å². The third kappa shape index (κ3) is 2.92. The molecule has 1 saturated heterocycles. The summed E-state index contributed by atoms with van der Waals surface area (Å²) in [5.74, 6) is -0.336. The number of aryl methyl sites for hydroxylation is 1. The molecule has 1 aromatic heterocycles. The summed E-state index contributed by atoms with van der Waals surface area (Å²) in [6, 6.07) is 10.4. The maximum atomic E-state index is 13.2. The fourth-order valence-electron chi connectivity index (χ4n) is 4.97. The van der Waals surface area contributed by atoms with Gasteiger partial charge >= 0.3 is 0 Å². The van der Waals surface area contributed by atoms with Gasteiger partial charge in [0.2, 0.25) is 11.6 Å². The molecule has 0 atom stereocenters. The van der Waals surface area contributed by atoms with Gasteiger partial charge in [0.05, 0.1) is 11.8 Å². The molecule has 2 aliphatic rings. The molecule has 154 valence electrons. The number of likely N-dealkylation sites (tertiary alicyclic amines) is 1. The van der Waals surface area contributed by atoms with Crippen LogP contribution < -0.4 is 0 Å². The summed E-state index contributed by atoms with van der Waals surface area (Å²) in [7, 11) is 4.25. The molecule has 0 bridgehead atoms. The van der Waals surface area contributed by atoms with E-state index in [-0.39, 0.29) is 0 Å². The van der Waals surface area contributed by atoms with E-state index in [1.54, 1.807) is 6.26 Å². The minimum atomic E-state index is -0.446. The lowest BCUT2D eigenvalue weighted by molar-refractivity contribution is 0.0814. The van der Waals surface area contributed by atoms with Crippen molar-refractivity contribution < 1.29 is 14.0 Å². The van der Waals surface area contributed by atoms with Crippen LogP contribution in [-0.2, 0) is 6.54 Å². The van der Waals surface area contributed by atoms with Crippen molar-refractivity contribution in [2.75, 3.05) is 27.2 Å². The van der Waals surface area contributed by atoms with Crippen molar-refractivity contribution in [2.24, 2.45) is 0 Å². The summed E-state index contributed by atoms with van der Waals surface area (Å²) in [5, 5.41) is 1.82. The molecule has 2 heterocycles. The number of piperidine rings is 1. The Bertz CT molecular complexity index is 1170.